The molecule has 0 atom stereocenters. The molecule has 0 aromatic carbocycles. The highest BCUT2D eigenvalue weighted by atomic mass is 32.1. The molecule has 17 heavy (non-hydrogen) atoms. The normalized spacial score (nSPS) is 15.4. The Balaban J connectivity index is 1.81. The highest BCUT2D eigenvalue weighted by Crippen LogP contribution is 2.32. The minimum atomic E-state index is 0.894. The average molecular weight is 247 g/mol. The number of nitrogens with one attached hydrogen (secondary N) is 1. The standard InChI is InChI=1S/C13H17N3S/c1-2-11-15-12(14-7-5-9-3-4-9)10-6-8-17-13(10)16-11/h6,8-9H,2-5,7H2,1H3,(H,14,15,16). The molecule has 90 valence electrons. The van der Waals surface area contributed by atoms with Gasteiger partial charge in [0.05, 0.1) is 5.39 Å². The summed E-state index contributed by atoms with van der Waals surface area (Å²) in [6.07, 6.45) is 5.00. The fraction of sp³-hybridized carbons (Fsp3) is 0.538. The maximum absolute atomic E-state index is 4.59. The van der Waals surface area contributed by atoms with Gasteiger partial charge in [-0.1, -0.05) is 19.8 Å². The van der Waals surface area contributed by atoms with Gasteiger partial charge in [-0.15, -0.1) is 11.3 Å². The molecule has 0 aliphatic heterocycles. The van der Waals surface area contributed by atoms with Crippen molar-refractivity contribution in [1.82, 2.24) is 9.97 Å². The Labute approximate surface area is 105 Å². The first-order chi connectivity index (χ1) is 8.36. The molecule has 0 unspecified atom stereocenters. The van der Waals surface area contributed by atoms with Crippen molar-refractivity contribution >= 4 is 27.4 Å². The fourth-order valence-electron chi connectivity index (χ4n) is 1.99. The summed E-state index contributed by atoms with van der Waals surface area (Å²) in [6, 6.07) is 2.11. The Kier molecular flexibility index (Phi) is 2.97. The second-order valence-electron chi connectivity index (χ2n) is 4.64. The molecule has 4 heteroatoms. The van der Waals surface area contributed by atoms with Crippen molar-refractivity contribution in [2.45, 2.75) is 32.6 Å². The van der Waals surface area contributed by atoms with Gasteiger partial charge in [-0.2, -0.15) is 0 Å². The number of aromatic nitrogens is 2. The number of thiophene rings is 1. The summed E-state index contributed by atoms with van der Waals surface area (Å²) >= 11 is 1.69. The third-order valence-corrected chi connectivity index (χ3v) is 4.04. The van der Waals surface area contributed by atoms with Crippen molar-refractivity contribution in [3.05, 3.63) is 17.3 Å². The third-order valence-electron chi connectivity index (χ3n) is 3.23. The van der Waals surface area contributed by atoms with E-state index in [9.17, 15) is 0 Å². The number of rotatable bonds is 5. The van der Waals surface area contributed by atoms with E-state index in [1.807, 2.05) is 0 Å². The highest BCUT2D eigenvalue weighted by molar-refractivity contribution is 7.16. The zero-order chi connectivity index (χ0) is 11.7. The van der Waals surface area contributed by atoms with Crippen LogP contribution in [-0.2, 0) is 6.42 Å². The number of nitrogens with zero attached hydrogens (tertiary/aromatic N) is 2. The molecule has 0 spiro atoms. The molecule has 1 aliphatic rings. The monoisotopic (exact) mass is 247 g/mol. The second-order valence-corrected chi connectivity index (χ2v) is 5.53. The molecule has 3 rings (SSSR count). The van der Waals surface area contributed by atoms with Crippen LogP contribution in [0.2, 0.25) is 0 Å². The van der Waals surface area contributed by atoms with E-state index >= 15 is 0 Å². The van der Waals surface area contributed by atoms with Crippen LogP contribution in [0.3, 0.4) is 0 Å². The van der Waals surface area contributed by atoms with Gasteiger partial charge in [0.25, 0.3) is 0 Å². The van der Waals surface area contributed by atoms with Gasteiger partial charge in [0.2, 0.25) is 0 Å². The second kappa shape index (κ2) is 4.61. The molecule has 3 nitrogen and oxygen atoms in total. The molecule has 1 fully saturated rings. The summed E-state index contributed by atoms with van der Waals surface area (Å²) in [5.74, 6) is 2.93. The number of fused-ring (bicyclic) bond motifs is 1. The molecule has 2 aromatic heterocycles. The van der Waals surface area contributed by atoms with E-state index in [2.05, 4.69) is 33.7 Å². The number of aryl methyl sites for hydroxylation is 1. The van der Waals surface area contributed by atoms with Gasteiger partial charge in [0.15, 0.2) is 0 Å². The maximum Gasteiger partial charge on any atom is 0.138 e. The van der Waals surface area contributed by atoms with Crippen molar-refractivity contribution in [1.29, 1.82) is 0 Å². The van der Waals surface area contributed by atoms with E-state index < -0.39 is 0 Å². The van der Waals surface area contributed by atoms with Crippen molar-refractivity contribution in [3.63, 3.8) is 0 Å². The summed E-state index contributed by atoms with van der Waals surface area (Å²) in [5, 5.41) is 6.73. The number of hydrogen-bond donors (Lipinski definition) is 1. The Bertz CT molecular complexity index is 516. The Morgan fingerprint density at radius 3 is 3.06 bits per heavy atom. The number of anilines is 1. The van der Waals surface area contributed by atoms with Crippen LogP contribution in [0, 0.1) is 5.92 Å². The summed E-state index contributed by atoms with van der Waals surface area (Å²) in [6.45, 7) is 3.14. The van der Waals surface area contributed by atoms with Gasteiger partial charge >= 0.3 is 0 Å². The van der Waals surface area contributed by atoms with Gasteiger partial charge in [-0.3, -0.25) is 0 Å². The maximum atomic E-state index is 4.59. The summed E-state index contributed by atoms with van der Waals surface area (Å²) in [7, 11) is 0. The van der Waals surface area contributed by atoms with Crippen molar-refractivity contribution in [2.75, 3.05) is 11.9 Å². The van der Waals surface area contributed by atoms with Gasteiger partial charge in [-0.05, 0) is 23.8 Å². The van der Waals surface area contributed by atoms with Crippen LogP contribution in [0.4, 0.5) is 5.82 Å². The topological polar surface area (TPSA) is 37.8 Å². The number of hydrogen-bond acceptors (Lipinski definition) is 4. The largest absolute Gasteiger partial charge is 0.369 e. The van der Waals surface area contributed by atoms with E-state index in [4.69, 9.17) is 0 Å². The summed E-state index contributed by atoms with van der Waals surface area (Å²) in [4.78, 5) is 10.2. The van der Waals surface area contributed by atoms with Crippen LogP contribution >= 0.6 is 11.3 Å². The van der Waals surface area contributed by atoms with Crippen LogP contribution in [0.15, 0.2) is 11.4 Å². The third kappa shape index (κ3) is 2.41. The van der Waals surface area contributed by atoms with E-state index in [0.29, 0.717) is 0 Å². The van der Waals surface area contributed by atoms with Crippen molar-refractivity contribution < 1.29 is 0 Å². The zero-order valence-corrected chi connectivity index (χ0v) is 10.9. The lowest BCUT2D eigenvalue weighted by Crippen LogP contribution is -2.06. The molecule has 2 heterocycles. The smallest absolute Gasteiger partial charge is 0.138 e. The van der Waals surface area contributed by atoms with Crippen LogP contribution < -0.4 is 5.32 Å². The molecule has 1 N–H and O–H groups in total. The molecular formula is C13H17N3S. The fourth-order valence-corrected chi connectivity index (χ4v) is 2.78. The lowest BCUT2D eigenvalue weighted by Gasteiger charge is -2.07. The molecule has 0 radical (unpaired) electrons. The van der Waals surface area contributed by atoms with E-state index in [1.165, 1.54) is 24.6 Å². The lowest BCUT2D eigenvalue weighted by atomic mass is 10.3. The molecule has 1 aliphatic carbocycles. The minimum absolute atomic E-state index is 0.894. The molecule has 0 amide bonds. The zero-order valence-electron chi connectivity index (χ0n) is 10.1. The first kappa shape index (κ1) is 11.0. The van der Waals surface area contributed by atoms with E-state index in [-0.39, 0.29) is 0 Å². The predicted octanol–water partition coefficient (Wildman–Crippen LogP) is 3.47. The van der Waals surface area contributed by atoms with Crippen molar-refractivity contribution in [3.8, 4) is 0 Å². The van der Waals surface area contributed by atoms with E-state index in [1.54, 1.807) is 11.3 Å². The first-order valence-corrected chi connectivity index (χ1v) is 7.22. The average Bonchev–Trinajstić information content (AvgIpc) is 3.04. The summed E-state index contributed by atoms with van der Waals surface area (Å²) < 4.78 is 0. The molecule has 2 aromatic rings. The molecule has 1 saturated carbocycles. The molecule has 0 bridgehead atoms. The highest BCUT2D eigenvalue weighted by Gasteiger charge is 2.20. The van der Waals surface area contributed by atoms with Crippen LogP contribution in [0.5, 0.6) is 0 Å². The van der Waals surface area contributed by atoms with Gasteiger partial charge < -0.3 is 5.32 Å². The quantitative estimate of drug-likeness (QED) is 0.879. The van der Waals surface area contributed by atoms with E-state index in [0.717, 1.165) is 35.4 Å². The summed E-state index contributed by atoms with van der Waals surface area (Å²) in [5.41, 5.74) is 0. The Morgan fingerprint density at radius 1 is 1.41 bits per heavy atom. The first-order valence-electron chi connectivity index (χ1n) is 6.35. The van der Waals surface area contributed by atoms with Crippen LogP contribution in [0.1, 0.15) is 32.0 Å². The van der Waals surface area contributed by atoms with Gasteiger partial charge in [0, 0.05) is 13.0 Å². The van der Waals surface area contributed by atoms with Crippen LogP contribution in [-0.4, -0.2) is 16.5 Å². The Morgan fingerprint density at radius 2 is 2.29 bits per heavy atom. The molecular weight excluding hydrogens is 230 g/mol. The van der Waals surface area contributed by atoms with Gasteiger partial charge in [-0.25, -0.2) is 9.97 Å². The molecule has 0 saturated heterocycles. The van der Waals surface area contributed by atoms with Crippen LogP contribution in [0.25, 0.3) is 10.2 Å². The van der Waals surface area contributed by atoms with Crippen molar-refractivity contribution in [2.24, 2.45) is 5.92 Å². The predicted molar refractivity (Wildman–Crippen MR) is 72.6 cm³/mol. The SMILES string of the molecule is CCc1nc(NCCC2CC2)c2ccsc2n1. The Hall–Kier alpha value is -1.16. The minimum Gasteiger partial charge on any atom is -0.369 e. The van der Waals surface area contributed by atoms with Gasteiger partial charge in [0.1, 0.15) is 16.5 Å². The lowest BCUT2D eigenvalue weighted by molar-refractivity contribution is 0.758.